The largest absolute Gasteiger partial charge is 0.288 e. The summed E-state index contributed by atoms with van der Waals surface area (Å²) in [6, 6.07) is 31.9. The molecule has 4 rings (SSSR count). The fourth-order valence-electron chi connectivity index (χ4n) is 3.15. The van der Waals surface area contributed by atoms with Gasteiger partial charge in [0.2, 0.25) is 11.4 Å². The van der Waals surface area contributed by atoms with Crippen molar-refractivity contribution in [2.45, 2.75) is 6.92 Å². The Labute approximate surface area is 159 Å². The van der Waals surface area contributed by atoms with E-state index in [1.165, 1.54) is 5.56 Å². The minimum atomic E-state index is 0.0241. The van der Waals surface area contributed by atoms with Crippen LogP contribution in [0.2, 0.25) is 0 Å². The van der Waals surface area contributed by atoms with Gasteiger partial charge in [-0.3, -0.25) is 4.79 Å². The first-order valence-corrected chi connectivity index (χ1v) is 9.00. The van der Waals surface area contributed by atoms with Gasteiger partial charge in [-0.1, -0.05) is 66.2 Å². The van der Waals surface area contributed by atoms with Crippen LogP contribution in [0, 0.1) is 6.92 Å². The molecule has 0 atom stereocenters. The van der Waals surface area contributed by atoms with E-state index in [0.717, 1.165) is 16.9 Å². The summed E-state index contributed by atoms with van der Waals surface area (Å²) in [5.41, 5.74) is 5.75. The average molecular weight is 350 g/mol. The summed E-state index contributed by atoms with van der Waals surface area (Å²) in [5, 5.41) is 0. The van der Waals surface area contributed by atoms with E-state index < -0.39 is 0 Å². The standard InChI is InChI=1S/C25H20NO/c1-19-12-15-23(16-13-19)26-18-22(25(27)21-10-6-3-7-11-21)14-17-24(26)20-8-4-2-5-9-20/h2-18H,1H3/q+1. The quantitative estimate of drug-likeness (QED) is 0.367. The lowest BCUT2D eigenvalue weighted by Gasteiger charge is -2.07. The van der Waals surface area contributed by atoms with E-state index in [0.29, 0.717) is 11.1 Å². The van der Waals surface area contributed by atoms with Crippen LogP contribution in [-0.2, 0) is 0 Å². The number of aromatic nitrogens is 1. The highest BCUT2D eigenvalue weighted by Gasteiger charge is 2.20. The first kappa shape index (κ1) is 16.9. The van der Waals surface area contributed by atoms with Gasteiger partial charge in [-0.05, 0) is 25.1 Å². The number of hydrogen-bond donors (Lipinski definition) is 0. The minimum absolute atomic E-state index is 0.0241. The molecule has 0 fully saturated rings. The third-order valence-electron chi connectivity index (χ3n) is 4.63. The predicted octanol–water partition coefficient (Wildman–Crippen LogP) is 5.17. The summed E-state index contributed by atoms with van der Waals surface area (Å²) in [6.07, 6.45) is 1.93. The van der Waals surface area contributed by atoms with Gasteiger partial charge in [0.25, 0.3) is 0 Å². The van der Waals surface area contributed by atoms with Crippen molar-refractivity contribution >= 4 is 5.78 Å². The molecule has 2 heteroatoms. The zero-order valence-corrected chi connectivity index (χ0v) is 15.2. The predicted molar refractivity (Wildman–Crippen MR) is 108 cm³/mol. The Bertz CT molecular complexity index is 1070. The van der Waals surface area contributed by atoms with Crippen molar-refractivity contribution in [1.82, 2.24) is 0 Å². The molecule has 1 heterocycles. The fourth-order valence-corrected chi connectivity index (χ4v) is 3.15. The molecule has 0 aliphatic rings. The van der Waals surface area contributed by atoms with E-state index in [9.17, 15) is 4.79 Å². The number of aryl methyl sites for hydroxylation is 1. The maximum absolute atomic E-state index is 12.9. The molecule has 27 heavy (non-hydrogen) atoms. The van der Waals surface area contributed by atoms with Crippen LogP contribution in [0.5, 0.6) is 0 Å². The zero-order valence-electron chi connectivity index (χ0n) is 15.2. The summed E-state index contributed by atoms with van der Waals surface area (Å²) in [7, 11) is 0. The van der Waals surface area contributed by atoms with Crippen molar-refractivity contribution < 1.29 is 9.36 Å². The van der Waals surface area contributed by atoms with Crippen LogP contribution in [0.1, 0.15) is 21.5 Å². The molecule has 0 bridgehead atoms. The second-order valence-corrected chi connectivity index (χ2v) is 6.57. The molecule has 0 saturated heterocycles. The maximum Gasteiger partial charge on any atom is 0.218 e. The number of carbonyl (C=O) groups excluding carboxylic acids is 1. The highest BCUT2D eigenvalue weighted by molar-refractivity contribution is 6.08. The van der Waals surface area contributed by atoms with Gasteiger partial charge in [0.1, 0.15) is 0 Å². The lowest BCUT2D eigenvalue weighted by atomic mass is 10.0. The van der Waals surface area contributed by atoms with Crippen LogP contribution in [0.3, 0.4) is 0 Å². The van der Waals surface area contributed by atoms with Crippen molar-refractivity contribution in [3.05, 3.63) is 120 Å². The SMILES string of the molecule is Cc1ccc(-[n+]2cc(C(=O)c3ccccc3)ccc2-c2ccccc2)cc1. The van der Waals surface area contributed by atoms with Crippen molar-refractivity contribution in [3.63, 3.8) is 0 Å². The van der Waals surface area contributed by atoms with Crippen molar-refractivity contribution in [1.29, 1.82) is 0 Å². The van der Waals surface area contributed by atoms with Crippen molar-refractivity contribution in [3.8, 4) is 16.9 Å². The number of benzene rings is 3. The number of carbonyl (C=O) groups is 1. The van der Waals surface area contributed by atoms with Gasteiger partial charge in [0.15, 0.2) is 12.0 Å². The molecular weight excluding hydrogens is 330 g/mol. The normalized spacial score (nSPS) is 10.6. The molecule has 2 nitrogen and oxygen atoms in total. The number of ketones is 1. The molecule has 0 radical (unpaired) electrons. The molecule has 1 aromatic heterocycles. The summed E-state index contributed by atoms with van der Waals surface area (Å²) >= 11 is 0. The number of pyridine rings is 1. The van der Waals surface area contributed by atoms with Crippen molar-refractivity contribution in [2.75, 3.05) is 0 Å². The molecule has 0 amide bonds. The molecule has 4 aromatic rings. The summed E-state index contributed by atoms with van der Waals surface area (Å²) in [6.45, 7) is 2.07. The van der Waals surface area contributed by atoms with Crippen LogP contribution in [0.15, 0.2) is 103 Å². The van der Waals surface area contributed by atoms with E-state index in [-0.39, 0.29) is 5.78 Å². The Hall–Kier alpha value is -3.52. The van der Waals surface area contributed by atoms with Gasteiger partial charge < -0.3 is 0 Å². The smallest absolute Gasteiger partial charge is 0.218 e. The Kier molecular flexibility index (Phi) is 4.63. The third-order valence-corrected chi connectivity index (χ3v) is 4.63. The third kappa shape index (κ3) is 3.56. The van der Waals surface area contributed by atoms with E-state index in [2.05, 4.69) is 47.9 Å². The molecule has 0 spiro atoms. The highest BCUT2D eigenvalue weighted by atomic mass is 16.1. The molecule has 0 N–H and O–H groups in total. The summed E-state index contributed by atoms with van der Waals surface area (Å²) in [4.78, 5) is 12.9. The van der Waals surface area contributed by atoms with Crippen LogP contribution in [0.25, 0.3) is 16.9 Å². The van der Waals surface area contributed by atoms with Gasteiger partial charge in [0.05, 0.1) is 5.56 Å². The topological polar surface area (TPSA) is 20.9 Å². The van der Waals surface area contributed by atoms with Crippen LogP contribution in [0.4, 0.5) is 0 Å². The van der Waals surface area contributed by atoms with Crippen LogP contribution < -0.4 is 4.57 Å². The fraction of sp³-hybridized carbons (Fsp3) is 0.0400. The zero-order chi connectivity index (χ0) is 18.6. The Balaban J connectivity index is 1.86. The van der Waals surface area contributed by atoms with Gasteiger partial charge in [-0.25, -0.2) is 0 Å². The molecule has 0 unspecified atom stereocenters. The van der Waals surface area contributed by atoms with E-state index in [1.54, 1.807) is 0 Å². The Morgan fingerprint density at radius 3 is 1.96 bits per heavy atom. The molecule has 0 aliphatic heterocycles. The highest BCUT2D eigenvalue weighted by Crippen LogP contribution is 2.19. The molecule has 0 aliphatic carbocycles. The lowest BCUT2D eigenvalue weighted by molar-refractivity contribution is -0.584. The Morgan fingerprint density at radius 1 is 0.667 bits per heavy atom. The summed E-state index contributed by atoms with van der Waals surface area (Å²) in [5.74, 6) is 0.0241. The maximum atomic E-state index is 12.9. The molecular formula is C25H20NO+. The molecule has 3 aromatic carbocycles. The van der Waals surface area contributed by atoms with E-state index >= 15 is 0 Å². The first-order valence-electron chi connectivity index (χ1n) is 9.00. The monoisotopic (exact) mass is 350 g/mol. The van der Waals surface area contributed by atoms with E-state index in [1.807, 2.05) is 66.9 Å². The second kappa shape index (κ2) is 7.38. The number of nitrogens with zero attached hydrogens (tertiary/aromatic N) is 1. The summed E-state index contributed by atoms with van der Waals surface area (Å²) < 4.78 is 2.09. The van der Waals surface area contributed by atoms with Crippen molar-refractivity contribution in [2.24, 2.45) is 0 Å². The van der Waals surface area contributed by atoms with Gasteiger partial charge >= 0.3 is 0 Å². The number of rotatable bonds is 4. The van der Waals surface area contributed by atoms with Gasteiger partial charge in [-0.15, -0.1) is 0 Å². The Morgan fingerprint density at radius 2 is 1.30 bits per heavy atom. The lowest BCUT2D eigenvalue weighted by Crippen LogP contribution is -2.34. The van der Waals surface area contributed by atoms with E-state index in [4.69, 9.17) is 0 Å². The van der Waals surface area contributed by atoms with Crippen LogP contribution >= 0.6 is 0 Å². The van der Waals surface area contributed by atoms with Gasteiger partial charge in [-0.2, -0.15) is 4.57 Å². The molecule has 0 saturated carbocycles. The average Bonchev–Trinajstić information content (AvgIpc) is 2.74. The van der Waals surface area contributed by atoms with Gasteiger partial charge in [0, 0.05) is 29.3 Å². The number of hydrogen-bond acceptors (Lipinski definition) is 1. The second-order valence-electron chi connectivity index (χ2n) is 6.57. The minimum Gasteiger partial charge on any atom is -0.288 e. The molecule has 130 valence electrons. The van der Waals surface area contributed by atoms with Crippen LogP contribution in [-0.4, -0.2) is 5.78 Å². The first-order chi connectivity index (χ1) is 13.2.